The number of H-pyrrole nitrogens is 1. The van der Waals surface area contributed by atoms with Crippen molar-refractivity contribution < 1.29 is 14.3 Å². The lowest BCUT2D eigenvalue weighted by Crippen LogP contribution is -2.25. The normalized spacial score (nSPS) is 15.1. The molecule has 3 rings (SSSR count). The van der Waals surface area contributed by atoms with Gasteiger partial charge in [0.15, 0.2) is 0 Å². The first-order valence-electron chi connectivity index (χ1n) is 6.63. The van der Waals surface area contributed by atoms with Gasteiger partial charge in [-0.05, 0) is 25.5 Å². The van der Waals surface area contributed by atoms with Gasteiger partial charge in [-0.3, -0.25) is 4.79 Å². The van der Waals surface area contributed by atoms with Crippen LogP contribution in [0.2, 0.25) is 0 Å². The zero-order chi connectivity index (χ0) is 14.3. The number of methoxy groups -OCH3 is 1. The number of hydrogen-bond acceptors (Lipinski definition) is 3. The van der Waals surface area contributed by atoms with Crippen molar-refractivity contribution in [2.45, 2.75) is 19.8 Å². The van der Waals surface area contributed by atoms with Crippen LogP contribution in [0, 0.1) is 6.92 Å². The summed E-state index contributed by atoms with van der Waals surface area (Å²) in [6.45, 7) is 2.63. The number of ether oxygens (including phenoxy) is 1. The molecule has 0 atom stereocenters. The maximum absolute atomic E-state index is 12.0. The SMILES string of the molecule is COC(=O)c1[nH]c2ccc(C)cc2c1N1CCCC1=O. The van der Waals surface area contributed by atoms with E-state index in [-0.39, 0.29) is 5.91 Å². The van der Waals surface area contributed by atoms with Crippen LogP contribution in [0.25, 0.3) is 10.9 Å². The Balaban J connectivity index is 2.26. The van der Waals surface area contributed by atoms with Gasteiger partial charge in [0.25, 0.3) is 0 Å². The molecule has 0 aliphatic carbocycles. The smallest absolute Gasteiger partial charge is 0.356 e. The Bertz CT molecular complexity index is 702. The Labute approximate surface area is 116 Å². The van der Waals surface area contributed by atoms with Gasteiger partial charge in [0, 0.05) is 23.9 Å². The highest BCUT2D eigenvalue weighted by Gasteiger charge is 2.29. The van der Waals surface area contributed by atoms with Crippen molar-refractivity contribution in [2.75, 3.05) is 18.6 Å². The van der Waals surface area contributed by atoms with Crippen LogP contribution in [0.3, 0.4) is 0 Å². The molecule has 0 radical (unpaired) electrons. The van der Waals surface area contributed by atoms with Gasteiger partial charge in [-0.1, -0.05) is 11.6 Å². The predicted molar refractivity (Wildman–Crippen MR) is 76.0 cm³/mol. The van der Waals surface area contributed by atoms with Gasteiger partial charge in [0.05, 0.1) is 12.8 Å². The van der Waals surface area contributed by atoms with E-state index in [0.29, 0.717) is 24.3 Å². The number of anilines is 1. The number of fused-ring (bicyclic) bond motifs is 1. The lowest BCUT2D eigenvalue weighted by atomic mass is 10.1. The zero-order valence-corrected chi connectivity index (χ0v) is 11.5. The van der Waals surface area contributed by atoms with Crippen molar-refractivity contribution in [2.24, 2.45) is 0 Å². The molecule has 0 unspecified atom stereocenters. The highest BCUT2D eigenvalue weighted by Crippen LogP contribution is 2.34. The van der Waals surface area contributed by atoms with E-state index >= 15 is 0 Å². The summed E-state index contributed by atoms with van der Waals surface area (Å²) in [7, 11) is 1.34. The van der Waals surface area contributed by atoms with E-state index in [4.69, 9.17) is 4.74 Å². The summed E-state index contributed by atoms with van der Waals surface area (Å²) in [5.41, 5.74) is 2.92. The molecule has 1 aliphatic rings. The number of carbonyl (C=O) groups excluding carboxylic acids is 2. The van der Waals surface area contributed by atoms with Crippen LogP contribution in [0.15, 0.2) is 18.2 Å². The Kier molecular flexibility index (Phi) is 2.97. The summed E-state index contributed by atoms with van der Waals surface area (Å²) in [4.78, 5) is 28.7. The summed E-state index contributed by atoms with van der Waals surface area (Å²) in [5.74, 6) is -0.397. The second kappa shape index (κ2) is 4.67. The minimum Gasteiger partial charge on any atom is -0.464 e. The fourth-order valence-corrected chi connectivity index (χ4v) is 2.71. The summed E-state index contributed by atoms with van der Waals surface area (Å²) in [6, 6.07) is 5.87. The number of rotatable bonds is 2. The molecular formula is C15H16N2O3. The van der Waals surface area contributed by atoms with E-state index < -0.39 is 5.97 Å². The first-order chi connectivity index (χ1) is 9.61. The molecule has 20 heavy (non-hydrogen) atoms. The maximum atomic E-state index is 12.0. The van der Waals surface area contributed by atoms with Crippen molar-refractivity contribution in [1.82, 2.24) is 4.98 Å². The molecule has 1 N–H and O–H groups in total. The number of carbonyl (C=O) groups is 2. The Hall–Kier alpha value is -2.30. The number of aryl methyl sites for hydroxylation is 1. The summed E-state index contributed by atoms with van der Waals surface area (Å²) >= 11 is 0. The van der Waals surface area contributed by atoms with Crippen molar-refractivity contribution in [3.63, 3.8) is 0 Å². The number of nitrogens with one attached hydrogen (secondary N) is 1. The van der Waals surface area contributed by atoms with Crippen LogP contribution < -0.4 is 4.90 Å². The minimum absolute atomic E-state index is 0.0533. The first-order valence-corrected chi connectivity index (χ1v) is 6.63. The van der Waals surface area contributed by atoms with Crippen molar-refractivity contribution in [3.8, 4) is 0 Å². The first kappa shape index (κ1) is 12.7. The third-order valence-corrected chi connectivity index (χ3v) is 3.66. The molecule has 1 aromatic carbocycles. The lowest BCUT2D eigenvalue weighted by molar-refractivity contribution is -0.117. The number of esters is 1. The van der Waals surface area contributed by atoms with Crippen molar-refractivity contribution in [3.05, 3.63) is 29.5 Å². The number of hydrogen-bond donors (Lipinski definition) is 1. The molecule has 1 saturated heterocycles. The second-order valence-corrected chi connectivity index (χ2v) is 5.04. The van der Waals surface area contributed by atoms with Crippen LogP contribution in [-0.4, -0.2) is 30.5 Å². The molecule has 0 spiro atoms. The monoisotopic (exact) mass is 272 g/mol. The van der Waals surface area contributed by atoms with Crippen LogP contribution >= 0.6 is 0 Å². The zero-order valence-electron chi connectivity index (χ0n) is 11.5. The van der Waals surface area contributed by atoms with Crippen LogP contribution in [-0.2, 0) is 9.53 Å². The molecule has 0 bridgehead atoms. The number of amides is 1. The summed E-state index contributed by atoms with van der Waals surface area (Å²) < 4.78 is 4.82. The quantitative estimate of drug-likeness (QED) is 0.854. The molecule has 0 saturated carbocycles. The molecule has 2 heterocycles. The van der Waals surface area contributed by atoms with Crippen molar-refractivity contribution in [1.29, 1.82) is 0 Å². The average Bonchev–Trinajstić information content (AvgIpc) is 3.00. The third-order valence-electron chi connectivity index (χ3n) is 3.66. The van der Waals surface area contributed by atoms with Crippen LogP contribution in [0.1, 0.15) is 28.9 Å². The standard InChI is InChI=1S/C15H16N2O3/c1-9-5-6-11-10(8-9)14(13(16-11)15(19)20-2)17-7-3-4-12(17)18/h5-6,8,16H,3-4,7H2,1-2H3. The fraction of sp³-hybridized carbons (Fsp3) is 0.333. The molecule has 104 valence electrons. The largest absolute Gasteiger partial charge is 0.464 e. The maximum Gasteiger partial charge on any atom is 0.356 e. The fourth-order valence-electron chi connectivity index (χ4n) is 2.71. The highest BCUT2D eigenvalue weighted by molar-refractivity contribution is 6.12. The van der Waals surface area contributed by atoms with Gasteiger partial charge in [0.1, 0.15) is 5.69 Å². The van der Waals surface area contributed by atoms with Gasteiger partial charge < -0.3 is 14.6 Å². The topological polar surface area (TPSA) is 62.4 Å². The van der Waals surface area contributed by atoms with Crippen LogP contribution in [0.4, 0.5) is 5.69 Å². The minimum atomic E-state index is -0.450. The molecule has 5 nitrogen and oxygen atoms in total. The van der Waals surface area contributed by atoms with Gasteiger partial charge in [-0.25, -0.2) is 4.79 Å². The third kappa shape index (κ3) is 1.86. The van der Waals surface area contributed by atoms with Gasteiger partial charge in [0.2, 0.25) is 5.91 Å². The van der Waals surface area contributed by atoms with E-state index in [2.05, 4.69) is 4.98 Å². The molecular weight excluding hydrogens is 256 g/mol. The predicted octanol–water partition coefficient (Wildman–Crippen LogP) is 2.39. The molecule has 1 fully saturated rings. The number of benzene rings is 1. The van der Waals surface area contributed by atoms with Gasteiger partial charge in [-0.15, -0.1) is 0 Å². The molecule has 1 aliphatic heterocycles. The molecule has 5 heteroatoms. The molecule has 1 amide bonds. The molecule has 1 aromatic heterocycles. The Morgan fingerprint density at radius 2 is 2.20 bits per heavy atom. The number of aromatic amines is 1. The Morgan fingerprint density at radius 3 is 2.85 bits per heavy atom. The Morgan fingerprint density at radius 1 is 1.40 bits per heavy atom. The second-order valence-electron chi connectivity index (χ2n) is 5.04. The number of aromatic nitrogens is 1. The van der Waals surface area contributed by atoms with E-state index in [1.165, 1.54) is 7.11 Å². The van der Waals surface area contributed by atoms with Crippen LogP contribution in [0.5, 0.6) is 0 Å². The summed E-state index contributed by atoms with van der Waals surface area (Å²) in [6.07, 6.45) is 1.34. The van der Waals surface area contributed by atoms with E-state index in [9.17, 15) is 9.59 Å². The van der Waals surface area contributed by atoms with E-state index in [1.54, 1.807) is 4.90 Å². The highest BCUT2D eigenvalue weighted by atomic mass is 16.5. The average molecular weight is 272 g/mol. The van der Waals surface area contributed by atoms with Crippen molar-refractivity contribution >= 4 is 28.5 Å². The van der Waals surface area contributed by atoms with Gasteiger partial charge in [-0.2, -0.15) is 0 Å². The number of nitrogens with zero attached hydrogens (tertiary/aromatic N) is 1. The lowest BCUT2D eigenvalue weighted by Gasteiger charge is -2.16. The van der Waals surface area contributed by atoms with Gasteiger partial charge >= 0.3 is 5.97 Å². The molecule has 2 aromatic rings. The van der Waals surface area contributed by atoms with E-state index in [1.807, 2.05) is 25.1 Å². The van der Waals surface area contributed by atoms with E-state index in [0.717, 1.165) is 22.9 Å². The summed E-state index contributed by atoms with van der Waals surface area (Å²) in [5, 5.41) is 0.889.